The van der Waals surface area contributed by atoms with E-state index in [0.717, 1.165) is 0 Å². The first-order chi connectivity index (χ1) is 9.38. The van der Waals surface area contributed by atoms with Crippen LogP contribution in [-0.4, -0.2) is 9.97 Å². The summed E-state index contributed by atoms with van der Waals surface area (Å²) in [5.41, 5.74) is 6.71. The van der Waals surface area contributed by atoms with E-state index in [2.05, 4.69) is 9.97 Å². The zero-order valence-corrected chi connectivity index (χ0v) is 12.0. The highest BCUT2D eigenvalue weighted by Gasteiger charge is 2.13. The van der Waals surface area contributed by atoms with E-state index in [4.69, 9.17) is 17.3 Å². The van der Waals surface area contributed by atoms with Crippen LogP contribution < -0.4 is 11.3 Å². The Morgan fingerprint density at radius 1 is 1.45 bits per heavy atom. The summed E-state index contributed by atoms with van der Waals surface area (Å²) in [6.07, 6.45) is 0.289. The van der Waals surface area contributed by atoms with Crippen molar-refractivity contribution in [2.24, 2.45) is 0 Å². The molecule has 0 unspecified atom stereocenters. The summed E-state index contributed by atoms with van der Waals surface area (Å²) in [7, 11) is 0. The van der Waals surface area contributed by atoms with Gasteiger partial charge in [-0.25, -0.2) is 9.37 Å². The molecule has 6 heteroatoms. The molecule has 3 N–H and O–H groups in total. The number of nitrogens with one attached hydrogen (secondary N) is 1. The zero-order valence-electron chi connectivity index (χ0n) is 11.2. The molecule has 106 valence electrons. The van der Waals surface area contributed by atoms with Crippen molar-refractivity contribution in [2.45, 2.75) is 26.2 Å². The number of hydrogen-bond donors (Lipinski definition) is 2. The molecule has 4 nitrogen and oxygen atoms in total. The number of rotatable bonds is 3. The van der Waals surface area contributed by atoms with Gasteiger partial charge in [-0.3, -0.25) is 4.79 Å². The number of nitrogens with zero attached hydrogens (tertiary/aromatic N) is 1. The minimum absolute atomic E-state index is 0.00490. The molecular formula is C14H15ClFN3O. The van der Waals surface area contributed by atoms with E-state index < -0.39 is 5.82 Å². The predicted octanol–water partition coefficient (Wildman–Crippen LogP) is 2.86. The molecule has 2 aromatic rings. The topological polar surface area (TPSA) is 71.8 Å². The van der Waals surface area contributed by atoms with Gasteiger partial charge in [-0.05, 0) is 23.6 Å². The van der Waals surface area contributed by atoms with E-state index in [-0.39, 0.29) is 23.7 Å². The van der Waals surface area contributed by atoms with Crippen LogP contribution in [0.25, 0.3) is 0 Å². The summed E-state index contributed by atoms with van der Waals surface area (Å²) in [6.45, 7) is 3.75. The molecule has 0 atom stereocenters. The molecular weight excluding hydrogens is 281 g/mol. The quantitative estimate of drug-likeness (QED) is 0.914. The molecule has 0 spiro atoms. The Morgan fingerprint density at radius 2 is 2.15 bits per heavy atom. The third-order valence-corrected chi connectivity index (χ3v) is 3.34. The number of nitrogens with two attached hydrogens (primary N) is 1. The fourth-order valence-electron chi connectivity index (χ4n) is 2.04. The van der Waals surface area contributed by atoms with Gasteiger partial charge in [-0.15, -0.1) is 0 Å². The number of aromatic nitrogens is 2. The van der Waals surface area contributed by atoms with Gasteiger partial charge in [0.05, 0.1) is 5.56 Å². The Hall–Kier alpha value is -1.88. The van der Waals surface area contributed by atoms with Crippen molar-refractivity contribution >= 4 is 17.4 Å². The second-order valence-electron chi connectivity index (χ2n) is 4.88. The fraction of sp³-hybridized carbons (Fsp3) is 0.286. The van der Waals surface area contributed by atoms with Crippen LogP contribution in [-0.2, 0) is 6.42 Å². The third kappa shape index (κ3) is 2.99. The molecule has 1 aromatic carbocycles. The Kier molecular flexibility index (Phi) is 4.09. The number of aromatic amines is 1. The second kappa shape index (κ2) is 5.63. The van der Waals surface area contributed by atoms with Gasteiger partial charge in [0.15, 0.2) is 0 Å². The number of H-pyrrole nitrogens is 1. The van der Waals surface area contributed by atoms with Crippen molar-refractivity contribution in [3.63, 3.8) is 0 Å². The molecule has 0 saturated carbocycles. The molecule has 2 rings (SSSR count). The minimum atomic E-state index is -0.408. The van der Waals surface area contributed by atoms with Gasteiger partial charge >= 0.3 is 0 Å². The average molecular weight is 296 g/mol. The summed E-state index contributed by atoms with van der Waals surface area (Å²) >= 11 is 5.95. The monoisotopic (exact) mass is 295 g/mol. The lowest BCUT2D eigenvalue weighted by atomic mass is 10.1. The molecule has 1 heterocycles. The Labute approximate surface area is 120 Å². The largest absolute Gasteiger partial charge is 0.383 e. The standard InChI is InChI=1S/C14H15ClFN3O/c1-7(2)12-13(17)18-11(19-14(12)20)5-8-3-4-9(16)6-10(8)15/h3-4,6-7H,5H2,1-2H3,(H3,17,18,19,20). The van der Waals surface area contributed by atoms with Gasteiger partial charge in [0, 0.05) is 11.4 Å². The normalized spacial score (nSPS) is 11.1. The molecule has 20 heavy (non-hydrogen) atoms. The highest BCUT2D eigenvalue weighted by Crippen LogP contribution is 2.20. The number of nitrogen functional groups attached to an aromatic ring is 1. The molecule has 0 fully saturated rings. The Morgan fingerprint density at radius 3 is 2.70 bits per heavy atom. The fourth-order valence-corrected chi connectivity index (χ4v) is 2.27. The van der Waals surface area contributed by atoms with Crippen LogP contribution in [0.2, 0.25) is 5.02 Å². The van der Waals surface area contributed by atoms with Crippen LogP contribution in [0.3, 0.4) is 0 Å². The van der Waals surface area contributed by atoms with E-state index in [1.54, 1.807) is 6.07 Å². The van der Waals surface area contributed by atoms with Crippen molar-refractivity contribution in [1.29, 1.82) is 0 Å². The van der Waals surface area contributed by atoms with Gasteiger partial charge in [-0.2, -0.15) is 0 Å². The Balaban J connectivity index is 2.38. The number of halogens is 2. The van der Waals surface area contributed by atoms with Gasteiger partial charge in [0.2, 0.25) is 0 Å². The maximum Gasteiger partial charge on any atom is 0.256 e. The molecule has 0 aliphatic rings. The van der Waals surface area contributed by atoms with Crippen molar-refractivity contribution in [3.05, 3.63) is 56.3 Å². The summed E-state index contributed by atoms with van der Waals surface area (Å²) < 4.78 is 13.0. The van der Waals surface area contributed by atoms with Gasteiger partial charge in [0.1, 0.15) is 17.5 Å². The number of anilines is 1. The smallest absolute Gasteiger partial charge is 0.256 e. The van der Waals surface area contributed by atoms with Crippen molar-refractivity contribution < 1.29 is 4.39 Å². The van der Waals surface area contributed by atoms with Crippen molar-refractivity contribution in [2.75, 3.05) is 5.73 Å². The maximum absolute atomic E-state index is 13.0. The van der Waals surface area contributed by atoms with E-state index in [1.807, 2.05) is 13.8 Å². The molecule has 0 amide bonds. The van der Waals surface area contributed by atoms with Crippen LogP contribution in [0.1, 0.15) is 36.7 Å². The van der Waals surface area contributed by atoms with Crippen molar-refractivity contribution in [3.8, 4) is 0 Å². The van der Waals surface area contributed by atoms with E-state index in [9.17, 15) is 9.18 Å². The van der Waals surface area contributed by atoms with Crippen LogP contribution in [0.5, 0.6) is 0 Å². The van der Waals surface area contributed by atoms with Crippen LogP contribution in [0.15, 0.2) is 23.0 Å². The molecule has 0 bridgehead atoms. The second-order valence-corrected chi connectivity index (χ2v) is 5.29. The summed E-state index contributed by atoms with van der Waals surface area (Å²) in [5.74, 6) is 0.215. The predicted molar refractivity (Wildman–Crippen MR) is 77.6 cm³/mol. The zero-order chi connectivity index (χ0) is 14.9. The molecule has 0 aliphatic heterocycles. The maximum atomic E-state index is 13.0. The van der Waals surface area contributed by atoms with Crippen LogP contribution in [0, 0.1) is 5.82 Å². The lowest BCUT2D eigenvalue weighted by Crippen LogP contribution is -2.21. The first-order valence-electron chi connectivity index (χ1n) is 6.21. The van der Waals surface area contributed by atoms with Crippen molar-refractivity contribution in [1.82, 2.24) is 9.97 Å². The van der Waals surface area contributed by atoms with Gasteiger partial charge in [0.25, 0.3) is 5.56 Å². The van der Waals surface area contributed by atoms with Gasteiger partial charge in [-0.1, -0.05) is 31.5 Å². The molecule has 0 saturated heterocycles. The van der Waals surface area contributed by atoms with E-state index >= 15 is 0 Å². The average Bonchev–Trinajstić information content (AvgIpc) is 2.31. The Bertz CT molecular complexity index is 697. The summed E-state index contributed by atoms with van der Waals surface area (Å²) in [6, 6.07) is 4.09. The molecule has 1 aromatic heterocycles. The number of hydrogen-bond acceptors (Lipinski definition) is 3. The lowest BCUT2D eigenvalue weighted by Gasteiger charge is -2.10. The SMILES string of the molecule is CC(C)c1c(N)nc(Cc2ccc(F)cc2Cl)[nH]c1=O. The minimum Gasteiger partial charge on any atom is -0.383 e. The van der Waals surface area contributed by atoms with Gasteiger partial charge < -0.3 is 10.7 Å². The summed E-state index contributed by atoms with van der Waals surface area (Å²) in [5, 5.41) is 0.291. The van der Waals surface area contributed by atoms with E-state index in [0.29, 0.717) is 22.0 Å². The van der Waals surface area contributed by atoms with Crippen LogP contribution >= 0.6 is 11.6 Å². The highest BCUT2D eigenvalue weighted by atomic mass is 35.5. The number of benzene rings is 1. The first-order valence-corrected chi connectivity index (χ1v) is 6.58. The molecule has 0 radical (unpaired) electrons. The summed E-state index contributed by atoms with van der Waals surface area (Å²) in [4.78, 5) is 18.8. The third-order valence-electron chi connectivity index (χ3n) is 2.98. The lowest BCUT2D eigenvalue weighted by molar-refractivity contribution is 0.627. The molecule has 0 aliphatic carbocycles. The first kappa shape index (κ1) is 14.5. The van der Waals surface area contributed by atoms with E-state index in [1.165, 1.54) is 12.1 Å². The van der Waals surface area contributed by atoms with Crippen LogP contribution in [0.4, 0.5) is 10.2 Å². The highest BCUT2D eigenvalue weighted by molar-refractivity contribution is 6.31.